The number of aryl methyl sites for hydroxylation is 1. The predicted molar refractivity (Wildman–Crippen MR) is 104 cm³/mol. The third-order valence-corrected chi connectivity index (χ3v) is 6.38. The SMILES string of the molecule is O=C(CCC(=O)c1ccc(F)cc1F)NS(=O)(=O)CCC1CCc2ccccc21. The Balaban J connectivity index is 1.49. The zero-order valence-corrected chi connectivity index (χ0v) is 16.5. The van der Waals surface area contributed by atoms with Crippen LogP contribution in [-0.4, -0.2) is 25.9 Å². The molecule has 0 spiro atoms. The summed E-state index contributed by atoms with van der Waals surface area (Å²) in [7, 11) is -3.83. The van der Waals surface area contributed by atoms with E-state index in [9.17, 15) is 26.8 Å². The van der Waals surface area contributed by atoms with Gasteiger partial charge in [0.25, 0.3) is 0 Å². The highest BCUT2D eigenvalue weighted by atomic mass is 32.2. The van der Waals surface area contributed by atoms with Crippen molar-refractivity contribution in [2.24, 2.45) is 0 Å². The average molecular weight is 421 g/mol. The average Bonchev–Trinajstić information content (AvgIpc) is 3.07. The molecule has 1 atom stereocenters. The van der Waals surface area contributed by atoms with Crippen molar-refractivity contribution in [2.75, 3.05) is 5.75 Å². The Morgan fingerprint density at radius 2 is 1.83 bits per heavy atom. The number of fused-ring (bicyclic) bond motifs is 1. The van der Waals surface area contributed by atoms with E-state index in [2.05, 4.69) is 0 Å². The number of amides is 1. The first-order valence-corrected chi connectivity index (χ1v) is 11.0. The van der Waals surface area contributed by atoms with E-state index in [0.717, 1.165) is 30.5 Å². The third-order valence-electron chi connectivity index (χ3n) is 5.07. The van der Waals surface area contributed by atoms with Gasteiger partial charge in [0, 0.05) is 18.9 Å². The normalized spacial score (nSPS) is 15.7. The van der Waals surface area contributed by atoms with Crippen LogP contribution in [0.15, 0.2) is 42.5 Å². The Labute approximate surface area is 168 Å². The number of ketones is 1. The number of carbonyl (C=O) groups is 2. The lowest BCUT2D eigenvalue weighted by molar-refractivity contribution is -0.119. The van der Waals surface area contributed by atoms with Crippen molar-refractivity contribution in [1.29, 1.82) is 0 Å². The molecule has 3 rings (SSSR count). The summed E-state index contributed by atoms with van der Waals surface area (Å²) in [5.74, 6) is -3.41. The molecule has 1 amide bonds. The van der Waals surface area contributed by atoms with Gasteiger partial charge in [-0.2, -0.15) is 0 Å². The number of hydrogen-bond acceptors (Lipinski definition) is 4. The van der Waals surface area contributed by atoms with Gasteiger partial charge in [-0.1, -0.05) is 24.3 Å². The first-order chi connectivity index (χ1) is 13.7. The van der Waals surface area contributed by atoms with E-state index in [4.69, 9.17) is 0 Å². The summed E-state index contributed by atoms with van der Waals surface area (Å²) >= 11 is 0. The summed E-state index contributed by atoms with van der Waals surface area (Å²) in [4.78, 5) is 23.9. The maximum atomic E-state index is 13.6. The molecule has 0 heterocycles. The van der Waals surface area contributed by atoms with Crippen LogP contribution in [0.3, 0.4) is 0 Å². The minimum Gasteiger partial charge on any atom is -0.294 e. The molecule has 1 aliphatic carbocycles. The maximum Gasteiger partial charge on any atom is 0.234 e. The lowest BCUT2D eigenvalue weighted by Crippen LogP contribution is -2.33. The molecule has 0 saturated carbocycles. The second-order valence-corrected chi connectivity index (χ2v) is 8.96. The number of nitrogens with one attached hydrogen (secondary N) is 1. The van der Waals surface area contributed by atoms with E-state index in [0.29, 0.717) is 12.5 Å². The molecule has 0 aromatic heterocycles. The number of halogens is 2. The lowest BCUT2D eigenvalue weighted by Gasteiger charge is -2.12. The standard InChI is InChI=1S/C21H21F2NO4S/c22-16-7-8-18(19(23)13-16)20(25)9-10-21(26)24-29(27,28)12-11-15-6-5-14-3-1-2-4-17(14)15/h1-4,7-8,13,15H,5-6,9-12H2,(H,24,26). The number of hydrogen-bond donors (Lipinski definition) is 1. The molecule has 2 aromatic rings. The monoisotopic (exact) mass is 421 g/mol. The minimum atomic E-state index is -3.83. The molecule has 5 nitrogen and oxygen atoms in total. The number of carbonyl (C=O) groups excluding carboxylic acids is 2. The second-order valence-electron chi connectivity index (χ2n) is 7.11. The number of sulfonamides is 1. The van der Waals surface area contributed by atoms with Crippen LogP contribution in [0.25, 0.3) is 0 Å². The second kappa shape index (κ2) is 8.82. The Morgan fingerprint density at radius 1 is 1.07 bits per heavy atom. The Hall–Kier alpha value is -2.61. The van der Waals surface area contributed by atoms with Crippen LogP contribution in [0, 0.1) is 11.6 Å². The molecule has 1 unspecified atom stereocenters. The van der Waals surface area contributed by atoms with E-state index in [-0.39, 0.29) is 23.7 Å². The van der Waals surface area contributed by atoms with Crippen molar-refractivity contribution in [3.8, 4) is 0 Å². The molecule has 0 aliphatic heterocycles. The summed E-state index contributed by atoms with van der Waals surface area (Å²) in [6, 6.07) is 10.4. The summed E-state index contributed by atoms with van der Waals surface area (Å²) < 4.78 is 52.8. The zero-order valence-electron chi connectivity index (χ0n) is 15.7. The molecular formula is C21H21F2NO4S. The van der Waals surface area contributed by atoms with Crippen molar-refractivity contribution in [2.45, 2.75) is 38.0 Å². The van der Waals surface area contributed by atoms with E-state index in [1.807, 2.05) is 29.0 Å². The van der Waals surface area contributed by atoms with Crippen LogP contribution in [0.2, 0.25) is 0 Å². The van der Waals surface area contributed by atoms with Crippen LogP contribution in [0.4, 0.5) is 8.78 Å². The van der Waals surface area contributed by atoms with Crippen molar-refractivity contribution in [1.82, 2.24) is 4.72 Å². The van der Waals surface area contributed by atoms with Gasteiger partial charge in [-0.25, -0.2) is 17.2 Å². The Morgan fingerprint density at radius 3 is 2.59 bits per heavy atom. The van der Waals surface area contributed by atoms with Crippen LogP contribution < -0.4 is 4.72 Å². The van der Waals surface area contributed by atoms with Crippen molar-refractivity contribution < 1.29 is 26.8 Å². The van der Waals surface area contributed by atoms with Gasteiger partial charge in [-0.15, -0.1) is 0 Å². The molecule has 1 aliphatic rings. The minimum absolute atomic E-state index is 0.140. The highest BCUT2D eigenvalue weighted by Crippen LogP contribution is 2.35. The van der Waals surface area contributed by atoms with Crippen LogP contribution in [0.5, 0.6) is 0 Å². The van der Waals surface area contributed by atoms with Crippen molar-refractivity contribution in [3.05, 3.63) is 70.8 Å². The number of benzene rings is 2. The van der Waals surface area contributed by atoms with Crippen LogP contribution in [-0.2, 0) is 21.2 Å². The molecule has 0 saturated heterocycles. The molecule has 2 aromatic carbocycles. The van der Waals surface area contributed by atoms with Gasteiger partial charge >= 0.3 is 0 Å². The zero-order chi connectivity index (χ0) is 21.0. The summed E-state index contributed by atoms with van der Waals surface area (Å²) in [6.45, 7) is 0. The highest BCUT2D eigenvalue weighted by molar-refractivity contribution is 7.90. The van der Waals surface area contributed by atoms with E-state index in [1.165, 1.54) is 5.56 Å². The van der Waals surface area contributed by atoms with Gasteiger partial charge in [-0.05, 0) is 48.4 Å². The van der Waals surface area contributed by atoms with Gasteiger partial charge < -0.3 is 0 Å². The van der Waals surface area contributed by atoms with Gasteiger partial charge in [-0.3, -0.25) is 14.3 Å². The third kappa shape index (κ3) is 5.47. The van der Waals surface area contributed by atoms with Gasteiger partial charge in [0.15, 0.2) is 5.78 Å². The molecular weight excluding hydrogens is 400 g/mol. The largest absolute Gasteiger partial charge is 0.294 e. The first kappa shape index (κ1) is 21.1. The molecule has 0 bridgehead atoms. The highest BCUT2D eigenvalue weighted by Gasteiger charge is 2.25. The van der Waals surface area contributed by atoms with Gasteiger partial charge in [0.05, 0.1) is 11.3 Å². The van der Waals surface area contributed by atoms with Gasteiger partial charge in [0.2, 0.25) is 15.9 Å². The van der Waals surface area contributed by atoms with E-state index < -0.39 is 39.8 Å². The summed E-state index contributed by atoms with van der Waals surface area (Å²) in [5, 5.41) is 0. The van der Waals surface area contributed by atoms with E-state index >= 15 is 0 Å². The fourth-order valence-electron chi connectivity index (χ4n) is 3.60. The van der Waals surface area contributed by atoms with E-state index in [1.54, 1.807) is 0 Å². The smallest absolute Gasteiger partial charge is 0.234 e. The molecule has 154 valence electrons. The van der Waals surface area contributed by atoms with Crippen molar-refractivity contribution in [3.63, 3.8) is 0 Å². The fraction of sp³-hybridized carbons (Fsp3) is 0.333. The first-order valence-electron chi connectivity index (χ1n) is 9.34. The molecule has 29 heavy (non-hydrogen) atoms. The number of rotatable bonds is 8. The molecule has 0 fully saturated rings. The maximum absolute atomic E-state index is 13.6. The predicted octanol–water partition coefficient (Wildman–Crippen LogP) is 3.49. The fourth-order valence-corrected chi connectivity index (χ4v) is 4.74. The Bertz CT molecular complexity index is 1040. The van der Waals surface area contributed by atoms with Crippen molar-refractivity contribution >= 4 is 21.7 Å². The molecule has 8 heteroatoms. The summed E-state index contributed by atoms with van der Waals surface area (Å²) in [6.07, 6.45) is 1.41. The lowest BCUT2D eigenvalue weighted by atomic mass is 9.99. The Kier molecular flexibility index (Phi) is 6.42. The molecule has 1 N–H and O–H groups in total. The topological polar surface area (TPSA) is 80.3 Å². The van der Waals surface area contributed by atoms with Crippen LogP contribution >= 0.6 is 0 Å². The van der Waals surface area contributed by atoms with Gasteiger partial charge in [0.1, 0.15) is 11.6 Å². The summed E-state index contributed by atoms with van der Waals surface area (Å²) in [5.41, 5.74) is 2.05. The number of Topliss-reactive ketones (excluding diaryl/α,β-unsaturated/α-hetero) is 1. The molecule has 0 radical (unpaired) electrons. The quantitative estimate of drug-likeness (QED) is 0.662. The van der Waals surface area contributed by atoms with Crippen LogP contribution in [0.1, 0.15) is 53.1 Å².